The molecule has 144 valence electrons. The lowest BCUT2D eigenvalue weighted by Gasteiger charge is -2.22. The van der Waals surface area contributed by atoms with E-state index in [9.17, 15) is 18.0 Å². The molecule has 0 radical (unpaired) electrons. The van der Waals surface area contributed by atoms with Crippen molar-refractivity contribution < 1.29 is 22.7 Å². The van der Waals surface area contributed by atoms with E-state index >= 15 is 0 Å². The first-order chi connectivity index (χ1) is 12.6. The maximum atomic E-state index is 12.4. The van der Waals surface area contributed by atoms with Gasteiger partial charge >= 0.3 is 5.97 Å². The minimum absolute atomic E-state index is 0.0784. The zero-order chi connectivity index (χ0) is 20.2. The van der Waals surface area contributed by atoms with Crippen molar-refractivity contribution in [1.29, 1.82) is 0 Å². The van der Waals surface area contributed by atoms with Gasteiger partial charge in [0.1, 0.15) is 6.54 Å². The van der Waals surface area contributed by atoms with Gasteiger partial charge in [-0.05, 0) is 42.5 Å². The number of methoxy groups -OCH3 is 1. The van der Waals surface area contributed by atoms with Crippen LogP contribution in [-0.4, -0.2) is 40.2 Å². The Balaban J connectivity index is 2.22. The first-order valence-corrected chi connectivity index (χ1v) is 10.1. The summed E-state index contributed by atoms with van der Waals surface area (Å²) in [6.07, 6.45) is 0.993. The number of carbonyl (C=O) groups excluding carboxylic acids is 2. The molecule has 0 aliphatic rings. The van der Waals surface area contributed by atoms with Gasteiger partial charge in [-0.2, -0.15) is 0 Å². The van der Waals surface area contributed by atoms with E-state index in [1.807, 2.05) is 0 Å². The van der Waals surface area contributed by atoms with Crippen LogP contribution in [0.4, 0.5) is 11.4 Å². The highest BCUT2D eigenvalue weighted by atomic mass is 35.5. The normalized spacial score (nSPS) is 11.0. The predicted molar refractivity (Wildman–Crippen MR) is 105 cm³/mol. The van der Waals surface area contributed by atoms with Crippen LogP contribution in [0, 0.1) is 0 Å². The molecular formula is C17H16Cl2N2O5S. The second-order valence-electron chi connectivity index (χ2n) is 5.48. The smallest absolute Gasteiger partial charge is 0.339 e. The van der Waals surface area contributed by atoms with Gasteiger partial charge in [-0.25, -0.2) is 13.2 Å². The Morgan fingerprint density at radius 2 is 1.74 bits per heavy atom. The Kier molecular flexibility index (Phi) is 6.69. The minimum atomic E-state index is -3.72. The van der Waals surface area contributed by atoms with Gasteiger partial charge in [0.25, 0.3) is 0 Å². The van der Waals surface area contributed by atoms with Crippen LogP contribution in [0.25, 0.3) is 0 Å². The summed E-state index contributed by atoms with van der Waals surface area (Å²) >= 11 is 11.7. The number of nitrogens with zero attached hydrogens (tertiary/aromatic N) is 1. The average molecular weight is 431 g/mol. The lowest BCUT2D eigenvalue weighted by Crippen LogP contribution is -2.37. The predicted octanol–water partition coefficient (Wildman–Crippen LogP) is 3.18. The highest BCUT2D eigenvalue weighted by Gasteiger charge is 2.21. The van der Waals surface area contributed by atoms with Crippen molar-refractivity contribution in [2.45, 2.75) is 0 Å². The molecule has 0 fully saturated rings. The summed E-state index contributed by atoms with van der Waals surface area (Å²) in [7, 11) is -2.51. The standard InChI is InChI=1S/C17H16Cl2N2O5S/c1-26-17(23)14-9-12(5-8-15(14)19)20-16(22)10-21(27(2,24)25)13-6-3-11(18)4-7-13/h3-9H,10H2,1-2H3,(H,20,22). The summed E-state index contributed by atoms with van der Waals surface area (Å²) < 4.78 is 29.7. The molecule has 0 aliphatic heterocycles. The van der Waals surface area contributed by atoms with E-state index in [0.717, 1.165) is 10.6 Å². The van der Waals surface area contributed by atoms with Gasteiger partial charge in [0.05, 0.1) is 29.6 Å². The van der Waals surface area contributed by atoms with Crippen molar-refractivity contribution in [3.63, 3.8) is 0 Å². The Morgan fingerprint density at radius 1 is 1.11 bits per heavy atom. The molecular weight excluding hydrogens is 415 g/mol. The van der Waals surface area contributed by atoms with Gasteiger partial charge in [-0.1, -0.05) is 23.2 Å². The number of amides is 1. The van der Waals surface area contributed by atoms with E-state index in [1.165, 1.54) is 49.6 Å². The van der Waals surface area contributed by atoms with Crippen LogP contribution in [0.15, 0.2) is 42.5 Å². The van der Waals surface area contributed by atoms with Gasteiger partial charge in [0, 0.05) is 10.7 Å². The third-order valence-corrected chi connectivity index (χ3v) is 5.18. The van der Waals surface area contributed by atoms with Crippen LogP contribution in [-0.2, 0) is 19.6 Å². The summed E-state index contributed by atoms with van der Waals surface area (Å²) in [5.41, 5.74) is 0.646. The maximum Gasteiger partial charge on any atom is 0.339 e. The van der Waals surface area contributed by atoms with Gasteiger partial charge in [-0.15, -0.1) is 0 Å². The van der Waals surface area contributed by atoms with Crippen molar-refractivity contribution in [2.75, 3.05) is 29.5 Å². The number of rotatable bonds is 6. The highest BCUT2D eigenvalue weighted by molar-refractivity contribution is 7.92. The zero-order valence-corrected chi connectivity index (χ0v) is 16.7. The molecule has 1 N–H and O–H groups in total. The fourth-order valence-electron chi connectivity index (χ4n) is 2.21. The quantitative estimate of drug-likeness (QED) is 0.710. The second-order valence-corrected chi connectivity index (χ2v) is 8.23. The summed E-state index contributed by atoms with van der Waals surface area (Å²) in [5, 5.41) is 3.14. The maximum absolute atomic E-state index is 12.4. The summed E-state index contributed by atoms with van der Waals surface area (Å²) in [6, 6.07) is 10.3. The second kappa shape index (κ2) is 8.60. The molecule has 2 rings (SSSR count). The number of sulfonamides is 1. The third kappa shape index (κ3) is 5.59. The van der Waals surface area contributed by atoms with Crippen LogP contribution in [0.5, 0.6) is 0 Å². The molecule has 2 aromatic rings. The monoisotopic (exact) mass is 430 g/mol. The lowest BCUT2D eigenvalue weighted by atomic mass is 10.2. The molecule has 2 aromatic carbocycles. The number of halogens is 2. The number of carbonyl (C=O) groups is 2. The van der Waals surface area contributed by atoms with Gasteiger partial charge in [-0.3, -0.25) is 9.10 Å². The van der Waals surface area contributed by atoms with Crippen molar-refractivity contribution >= 4 is 56.5 Å². The molecule has 0 aliphatic carbocycles. The Morgan fingerprint density at radius 3 is 2.30 bits per heavy atom. The van der Waals surface area contributed by atoms with Gasteiger partial charge < -0.3 is 10.1 Å². The number of ether oxygens (including phenoxy) is 1. The van der Waals surface area contributed by atoms with Crippen molar-refractivity contribution in [2.24, 2.45) is 0 Å². The number of nitrogens with one attached hydrogen (secondary N) is 1. The number of esters is 1. The molecule has 0 aromatic heterocycles. The molecule has 0 saturated heterocycles. The molecule has 0 saturated carbocycles. The van der Waals surface area contributed by atoms with Crippen LogP contribution in [0.3, 0.4) is 0 Å². The van der Waals surface area contributed by atoms with Crippen molar-refractivity contribution in [3.05, 3.63) is 58.1 Å². The molecule has 27 heavy (non-hydrogen) atoms. The fraction of sp³-hybridized carbons (Fsp3) is 0.176. The molecule has 0 unspecified atom stereocenters. The van der Waals surface area contributed by atoms with Crippen LogP contribution in [0.1, 0.15) is 10.4 Å². The van der Waals surface area contributed by atoms with E-state index < -0.39 is 28.4 Å². The summed E-state index contributed by atoms with van der Waals surface area (Å²) in [6.45, 7) is -0.462. The van der Waals surface area contributed by atoms with Gasteiger partial charge in [0.15, 0.2) is 0 Å². The van der Waals surface area contributed by atoms with E-state index in [1.54, 1.807) is 0 Å². The van der Waals surface area contributed by atoms with Crippen LogP contribution >= 0.6 is 23.2 Å². The van der Waals surface area contributed by atoms with E-state index in [4.69, 9.17) is 23.2 Å². The molecule has 0 heterocycles. The number of hydrogen-bond donors (Lipinski definition) is 1. The van der Waals surface area contributed by atoms with Crippen LogP contribution < -0.4 is 9.62 Å². The summed E-state index contributed by atoms with van der Waals surface area (Å²) in [4.78, 5) is 24.0. The minimum Gasteiger partial charge on any atom is -0.465 e. The van der Waals surface area contributed by atoms with Crippen LogP contribution in [0.2, 0.25) is 10.0 Å². The zero-order valence-electron chi connectivity index (χ0n) is 14.4. The molecule has 0 spiro atoms. The Hall–Kier alpha value is -2.29. The van der Waals surface area contributed by atoms with Crippen molar-refractivity contribution in [3.8, 4) is 0 Å². The topological polar surface area (TPSA) is 92.8 Å². The number of anilines is 2. The third-order valence-electron chi connectivity index (χ3n) is 3.46. The van der Waals surface area contributed by atoms with Gasteiger partial charge in [0.2, 0.25) is 15.9 Å². The van der Waals surface area contributed by atoms with E-state index in [2.05, 4.69) is 10.1 Å². The SMILES string of the molecule is COC(=O)c1cc(NC(=O)CN(c2ccc(Cl)cc2)S(C)(=O)=O)ccc1Cl. The first-order valence-electron chi connectivity index (χ1n) is 7.53. The number of hydrogen-bond acceptors (Lipinski definition) is 5. The molecule has 0 atom stereocenters. The molecule has 0 bridgehead atoms. The highest BCUT2D eigenvalue weighted by Crippen LogP contribution is 2.23. The fourth-order valence-corrected chi connectivity index (χ4v) is 3.38. The summed E-state index contributed by atoms with van der Waals surface area (Å²) in [5.74, 6) is -1.26. The van der Waals surface area contributed by atoms with E-state index in [-0.39, 0.29) is 16.3 Å². The Bertz CT molecular complexity index is 962. The lowest BCUT2D eigenvalue weighted by molar-refractivity contribution is -0.114. The first kappa shape index (κ1) is 21.0. The molecule has 10 heteroatoms. The average Bonchev–Trinajstić information content (AvgIpc) is 2.60. The van der Waals surface area contributed by atoms with E-state index in [0.29, 0.717) is 10.7 Å². The van der Waals surface area contributed by atoms with Crippen molar-refractivity contribution in [1.82, 2.24) is 0 Å². The number of benzene rings is 2. The Labute approximate surface area is 166 Å². The largest absolute Gasteiger partial charge is 0.465 e. The molecule has 7 nitrogen and oxygen atoms in total. The molecule has 1 amide bonds.